The van der Waals surface area contributed by atoms with Gasteiger partial charge in [-0.25, -0.2) is 0 Å². The van der Waals surface area contributed by atoms with Crippen molar-refractivity contribution in [2.24, 2.45) is 0 Å². The van der Waals surface area contributed by atoms with Gasteiger partial charge in [0.1, 0.15) is 0 Å². The summed E-state index contributed by atoms with van der Waals surface area (Å²) in [5.41, 5.74) is 7.41. The minimum Gasteiger partial charge on any atom is -0.399 e. The molecule has 1 heterocycles. The Bertz CT molecular complexity index is 653. The standard InChI is InChI=1S/C13H18N4O2S/c1-8(5-6-20(2)19)15-13(18)12-10-7-9(14)3-4-11(10)16-17-12/h3-4,7-8H,5-6,14H2,1-2H3,(H,15,18)(H,16,17). The molecule has 0 bridgehead atoms. The molecule has 1 aromatic heterocycles. The fourth-order valence-corrected chi connectivity index (χ4v) is 2.60. The lowest BCUT2D eigenvalue weighted by atomic mass is 10.1. The quantitative estimate of drug-likeness (QED) is 0.717. The number of anilines is 1. The van der Waals surface area contributed by atoms with Crippen molar-refractivity contribution in [2.45, 2.75) is 19.4 Å². The van der Waals surface area contributed by atoms with Crippen molar-refractivity contribution in [3.8, 4) is 0 Å². The van der Waals surface area contributed by atoms with Crippen LogP contribution in [0.2, 0.25) is 0 Å². The number of hydrogen-bond donors (Lipinski definition) is 3. The van der Waals surface area contributed by atoms with Crippen LogP contribution in [0.15, 0.2) is 18.2 Å². The molecule has 0 radical (unpaired) electrons. The number of amides is 1. The fraction of sp³-hybridized carbons (Fsp3) is 0.385. The van der Waals surface area contributed by atoms with Crippen molar-refractivity contribution in [3.63, 3.8) is 0 Å². The summed E-state index contributed by atoms with van der Waals surface area (Å²) in [4.78, 5) is 12.2. The lowest BCUT2D eigenvalue weighted by Crippen LogP contribution is -2.33. The molecular formula is C13H18N4O2S. The molecule has 1 aromatic carbocycles. The second-order valence-corrected chi connectivity index (χ2v) is 6.37. The molecule has 108 valence electrons. The summed E-state index contributed by atoms with van der Waals surface area (Å²) in [5.74, 6) is 0.312. The number of rotatable bonds is 5. The Labute approximate surface area is 119 Å². The first-order chi connectivity index (χ1) is 9.47. The number of carbonyl (C=O) groups is 1. The third kappa shape index (κ3) is 3.36. The first kappa shape index (κ1) is 14.5. The number of aromatic amines is 1. The highest BCUT2D eigenvalue weighted by molar-refractivity contribution is 7.84. The van der Waals surface area contributed by atoms with Gasteiger partial charge in [-0.3, -0.25) is 14.1 Å². The van der Waals surface area contributed by atoms with Gasteiger partial charge in [-0.1, -0.05) is 0 Å². The summed E-state index contributed by atoms with van der Waals surface area (Å²) in [7, 11) is -0.853. The van der Waals surface area contributed by atoms with Crippen LogP contribution in [0.5, 0.6) is 0 Å². The largest absolute Gasteiger partial charge is 0.399 e. The zero-order valence-electron chi connectivity index (χ0n) is 11.5. The predicted molar refractivity (Wildman–Crippen MR) is 81.0 cm³/mol. The van der Waals surface area contributed by atoms with Gasteiger partial charge in [-0.2, -0.15) is 5.10 Å². The van der Waals surface area contributed by atoms with Crippen LogP contribution in [0.25, 0.3) is 10.9 Å². The van der Waals surface area contributed by atoms with Gasteiger partial charge in [0.2, 0.25) is 0 Å². The van der Waals surface area contributed by atoms with Crippen molar-refractivity contribution in [3.05, 3.63) is 23.9 Å². The van der Waals surface area contributed by atoms with Crippen molar-refractivity contribution >= 4 is 33.3 Å². The first-order valence-corrected chi connectivity index (χ1v) is 8.04. The number of fused-ring (bicyclic) bond motifs is 1. The number of nitrogens with zero attached hydrogens (tertiary/aromatic N) is 1. The summed E-state index contributed by atoms with van der Waals surface area (Å²) in [6.45, 7) is 1.88. The normalized spacial score (nSPS) is 14.1. The van der Waals surface area contributed by atoms with E-state index in [0.717, 1.165) is 5.52 Å². The van der Waals surface area contributed by atoms with E-state index >= 15 is 0 Å². The van der Waals surface area contributed by atoms with Gasteiger partial charge in [0, 0.05) is 39.9 Å². The highest BCUT2D eigenvalue weighted by atomic mass is 32.2. The Kier molecular flexibility index (Phi) is 4.39. The Balaban J connectivity index is 2.11. The molecule has 7 heteroatoms. The fourth-order valence-electron chi connectivity index (χ4n) is 1.91. The summed E-state index contributed by atoms with van der Waals surface area (Å²) in [6.07, 6.45) is 2.32. The molecule has 0 saturated heterocycles. The van der Waals surface area contributed by atoms with Crippen molar-refractivity contribution in [1.82, 2.24) is 15.5 Å². The Morgan fingerprint density at radius 3 is 3.00 bits per heavy atom. The number of benzene rings is 1. The molecular weight excluding hydrogens is 276 g/mol. The Hall–Kier alpha value is -1.89. The van der Waals surface area contributed by atoms with E-state index in [4.69, 9.17) is 5.73 Å². The van der Waals surface area contributed by atoms with E-state index in [1.54, 1.807) is 24.5 Å². The zero-order chi connectivity index (χ0) is 14.7. The minimum absolute atomic E-state index is 0.0563. The minimum atomic E-state index is -0.853. The van der Waals surface area contributed by atoms with Crippen LogP contribution in [0.3, 0.4) is 0 Å². The van der Waals surface area contributed by atoms with E-state index < -0.39 is 10.8 Å². The molecule has 0 aliphatic rings. The number of nitrogens with two attached hydrogens (primary N) is 1. The molecule has 6 nitrogen and oxygen atoms in total. The second-order valence-electron chi connectivity index (χ2n) is 4.82. The molecule has 0 spiro atoms. The smallest absolute Gasteiger partial charge is 0.272 e. The van der Waals surface area contributed by atoms with Crippen LogP contribution in [0.1, 0.15) is 23.8 Å². The third-order valence-corrected chi connectivity index (χ3v) is 3.83. The zero-order valence-corrected chi connectivity index (χ0v) is 12.3. The summed E-state index contributed by atoms with van der Waals surface area (Å²) in [5, 5.41) is 10.4. The SMILES string of the molecule is CC(CCS(C)=O)NC(=O)c1n[nH]c2ccc(N)cc12. The molecule has 2 atom stereocenters. The lowest BCUT2D eigenvalue weighted by Gasteiger charge is -2.12. The van der Waals surface area contributed by atoms with Gasteiger partial charge < -0.3 is 11.1 Å². The average molecular weight is 294 g/mol. The van der Waals surface area contributed by atoms with Gasteiger partial charge >= 0.3 is 0 Å². The number of carbonyl (C=O) groups excluding carboxylic acids is 1. The molecule has 2 aromatic rings. The van der Waals surface area contributed by atoms with Crippen molar-refractivity contribution in [2.75, 3.05) is 17.7 Å². The lowest BCUT2D eigenvalue weighted by molar-refractivity contribution is 0.0936. The molecule has 0 fully saturated rings. The molecule has 2 unspecified atom stereocenters. The van der Waals surface area contributed by atoms with E-state index in [9.17, 15) is 9.00 Å². The van der Waals surface area contributed by atoms with Gasteiger partial charge in [0.15, 0.2) is 5.69 Å². The number of nitrogen functional groups attached to an aromatic ring is 1. The monoisotopic (exact) mass is 294 g/mol. The molecule has 0 aliphatic heterocycles. The summed E-state index contributed by atoms with van der Waals surface area (Å²) in [6, 6.07) is 5.21. The van der Waals surface area contributed by atoms with Crippen LogP contribution >= 0.6 is 0 Å². The number of hydrogen-bond acceptors (Lipinski definition) is 4. The van der Waals surface area contributed by atoms with Crippen LogP contribution in [-0.2, 0) is 10.8 Å². The van der Waals surface area contributed by atoms with Gasteiger partial charge in [0.25, 0.3) is 5.91 Å². The van der Waals surface area contributed by atoms with Crippen molar-refractivity contribution in [1.29, 1.82) is 0 Å². The van der Waals surface area contributed by atoms with E-state index in [0.29, 0.717) is 28.9 Å². The number of aromatic nitrogens is 2. The summed E-state index contributed by atoms with van der Waals surface area (Å²) < 4.78 is 11.0. The highest BCUT2D eigenvalue weighted by Crippen LogP contribution is 2.18. The molecule has 0 saturated carbocycles. The number of H-pyrrole nitrogens is 1. The van der Waals surface area contributed by atoms with Crippen LogP contribution in [0, 0.1) is 0 Å². The summed E-state index contributed by atoms with van der Waals surface area (Å²) >= 11 is 0. The maximum Gasteiger partial charge on any atom is 0.272 e. The van der Waals surface area contributed by atoms with Crippen LogP contribution < -0.4 is 11.1 Å². The van der Waals surface area contributed by atoms with Gasteiger partial charge in [-0.15, -0.1) is 0 Å². The Morgan fingerprint density at radius 1 is 1.55 bits per heavy atom. The van der Waals surface area contributed by atoms with E-state index in [1.807, 2.05) is 6.92 Å². The van der Waals surface area contributed by atoms with Gasteiger partial charge in [0.05, 0.1) is 5.52 Å². The van der Waals surface area contributed by atoms with Crippen LogP contribution in [-0.4, -0.2) is 38.4 Å². The highest BCUT2D eigenvalue weighted by Gasteiger charge is 2.16. The average Bonchev–Trinajstić information content (AvgIpc) is 2.79. The third-order valence-electron chi connectivity index (χ3n) is 3.02. The predicted octanol–water partition coefficient (Wildman–Crippen LogP) is 1.03. The topological polar surface area (TPSA) is 101 Å². The maximum atomic E-state index is 12.2. The van der Waals surface area contributed by atoms with Crippen LogP contribution in [0.4, 0.5) is 5.69 Å². The van der Waals surface area contributed by atoms with E-state index in [-0.39, 0.29) is 11.9 Å². The number of nitrogens with one attached hydrogen (secondary N) is 2. The molecule has 4 N–H and O–H groups in total. The molecule has 1 amide bonds. The molecule has 0 aliphatic carbocycles. The Morgan fingerprint density at radius 2 is 2.30 bits per heavy atom. The first-order valence-electron chi connectivity index (χ1n) is 6.32. The second kappa shape index (κ2) is 6.04. The van der Waals surface area contributed by atoms with E-state index in [2.05, 4.69) is 15.5 Å². The van der Waals surface area contributed by atoms with Crippen molar-refractivity contribution < 1.29 is 9.00 Å². The molecule has 2 rings (SSSR count). The molecule has 20 heavy (non-hydrogen) atoms. The maximum absolute atomic E-state index is 12.2. The van der Waals surface area contributed by atoms with Gasteiger partial charge in [-0.05, 0) is 31.5 Å². The van der Waals surface area contributed by atoms with E-state index in [1.165, 1.54) is 0 Å².